The zero-order valence-electron chi connectivity index (χ0n) is 21.1. The zero-order valence-corrected chi connectivity index (χ0v) is 21.9. The molecule has 0 radical (unpaired) electrons. The Kier molecular flexibility index (Phi) is 8.41. The second kappa shape index (κ2) is 11.7. The van der Waals surface area contributed by atoms with Crippen molar-refractivity contribution in [3.8, 4) is 17.2 Å². The maximum atomic E-state index is 11.3. The van der Waals surface area contributed by atoms with Crippen LogP contribution in [-0.4, -0.2) is 31.9 Å². The number of carboxylic acids is 1. The highest BCUT2D eigenvalue weighted by molar-refractivity contribution is 6.32. The largest absolute Gasteiger partial charge is 0.497 e. The van der Waals surface area contributed by atoms with E-state index in [0.717, 1.165) is 23.3 Å². The molecule has 1 aliphatic heterocycles. The molecule has 6 nitrogen and oxygen atoms in total. The molecular weight excluding hydrogens is 492 g/mol. The SMILES string of the molecule is C=C(C)[C@H]1C[C@H](c2ccccc2)[C@H](c2ccc(OC)cc2)O[C@@H]1c1cc(OC)cc(Cl)c1OCC(=O)O. The Morgan fingerprint density at radius 2 is 1.68 bits per heavy atom. The van der Waals surface area contributed by atoms with Gasteiger partial charge >= 0.3 is 5.97 Å². The number of carboxylic acid groups (broad SMARTS) is 1. The van der Waals surface area contributed by atoms with Crippen molar-refractivity contribution in [2.45, 2.75) is 31.5 Å². The van der Waals surface area contributed by atoms with Gasteiger partial charge in [-0.3, -0.25) is 0 Å². The van der Waals surface area contributed by atoms with E-state index in [1.165, 1.54) is 5.56 Å². The van der Waals surface area contributed by atoms with Crippen LogP contribution in [0.15, 0.2) is 78.9 Å². The standard InChI is InChI=1S/C30H31ClO6/c1-18(2)23-16-24(19-8-6-5-7-9-19)28(20-10-12-21(34-3)13-11-20)37-29(23)25-14-22(35-4)15-26(31)30(25)36-17-27(32)33/h5-15,23-24,28-29H,1,16-17H2,2-4H3,(H,32,33)/t23-,24-,28+,29+/m1/s1. The van der Waals surface area contributed by atoms with Gasteiger partial charge in [0.2, 0.25) is 0 Å². The molecule has 0 saturated carbocycles. The van der Waals surface area contributed by atoms with E-state index in [1.807, 2.05) is 49.4 Å². The molecule has 7 heteroatoms. The third-order valence-corrected chi connectivity index (χ3v) is 7.05. The van der Waals surface area contributed by atoms with Crippen LogP contribution in [0, 0.1) is 5.92 Å². The van der Waals surface area contributed by atoms with E-state index >= 15 is 0 Å². The number of rotatable bonds is 9. The van der Waals surface area contributed by atoms with Gasteiger partial charge in [-0.2, -0.15) is 0 Å². The summed E-state index contributed by atoms with van der Waals surface area (Å²) >= 11 is 6.56. The molecule has 0 amide bonds. The lowest BCUT2D eigenvalue weighted by molar-refractivity contribution is -0.139. The first-order chi connectivity index (χ1) is 17.8. The monoisotopic (exact) mass is 522 g/mol. The Bertz CT molecular complexity index is 1240. The fraction of sp³-hybridized carbons (Fsp3) is 0.300. The molecular formula is C30H31ClO6. The van der Waals surface area contributed by atoms with Crippen LogP contribution in [0.4, 0.5) is 0 Å². The number of ether oxygens (including phenoxy) is 4. The van der Waals surface area contributed by atoms with Gasteiger partial charge in [0.15, 0.2) is 6.61 Å². The van der Waals surface area contributed by atoms with Crippen LogP contribution < -0.4 is 14.2 Å². The van der Waals surface area contributed by atoms with E-state index in [4.69, 9.17) is 30.5 Å². The summed E-state index contributed by atoms with van der Waals surface area (Å²) in [6.45, 7) is 5.73. The summed E-state index contributed by atoms with van der Waals surface area (Å²) in [4.78, 5) is 11.3. The van der Waals surface area contributed by atoms with Crippen molar-refractivity contribution >= 4 is 17.6 Å². The molecule has 1 fully saturated rings. The maximum Gasteiger partial charge on any atom is 0.341 e. The highest BCUT2D eigenvalue weighted by Crippen LogP contribution is 2.54. The number of benzene rings is 3. The van der Waals surface area contributed by atoms with E-state index in [0.29, 0.717) is 11.3 Å². The fourth-order valence-corrected chi connectivity index (χ4v) is 5.21. The average Bonchev–Trinajstić information content (AvgIpc) is 2.91. The van der Waals surface area contributed by atoms with E-state index in [9.17, 15) is 9.90 Å². The predicted octanol–water partition coefficient (Wildman–Crippen LogP) is 7.00. The lowest BCUT2D eigenvalue weighted by atomic mass is 9.74. The second-order valence-electron chi connectivity index (χ2n) is 9.17. The van der Waals surface area contributed by atoms with Crippen molar-refractivity contribution < 1.29 is 28.8 Å². The Hall–Kier alpha value is -3.48. The van der Waals surface area contributed by atoms with Gasteiger partial charge in [-0.15, -0.1) is 0 Å². The van der Waals surface area contributed by atoms with Crippen LogP contribution in [0.3, 0.4) is 0 Å². The van der Waals surface area contributed by atoms with Gasteiger partial charge < -0.3 is 24.1 Å². The van der Waals surface area contributed by atoms with Crippen molar-refractivity contribution in [2.75, 3.05) is 20.8 Å². The van der Waals surface area contributed by atoms with Gasteiger partial charge in [-0.25, -0.2) is 4.79 Å². The molecule has 3 aromatic carbocycles. The molecule has 1 heterocycles. The molecule has 1 N–H and O–H groups in total. The topological polar surface area (TPSA) is 74.2 Å². The van der Waals surface area contributed by atoms with Crippen LogP contribution in [0.1, 0.15) is 48.2 Å². The van der Waals surface area contributed by atoms with Crippen molar-refractivity contribution in [1.82, 2.24) is 0 Å². The van der Waals surface area contributed by atoms with Gasteiger partial charge in [-0.1, -0.05) is 66.2 Å². The summed E-state index contributed by atoms with van der Waals surface area (Å²) in [5, 5.41) is 9.51. The lowest BCUT2D eigenvalue weighted by Crippen LogP contribution is -2.32. The second-order valence-corrected chi connectivity index (χ2v) is 9.57. The minimum absolute atomic E-state index is 0.0528. The molecule has 4 atom stereocenters. The Morgan fingerprint density at radius 3 is 2.27 bits per heavy atom. The first-order valence-corrected chi connectivity index (χ1v) is 12.4. The Balaban J connectivity index is 1.84. The van der Waals surface area contributed by atoms with Crippen molar-refractivity contribution in [1.29, 1.82) is 0 Å². The quantitative estimate of drug-likeness (QED) is 0.305. The number of methoxy groups -OCH3 is 2. The van der Waals surface area contributed by atoms with Crippen LogP contribution in [0.5, 0.6) is 17.2 Å². The molecule has 0 aliphatic carbocycles. The molecule has 37 heavy (non-hydrogen) atoms. The first-order valence-electron chi connectivity index (χ1n) is 12.0. The van der Waals surface area contributed by atoms with E-state index in [1.54, 1.807) is 26.4 Å². The van der Waals surface area contributed by atoms with Crippen LogP contribution >= 0.6 is 11.6 Å². The number of hydrogen-bond donors (Lipinski definition) is 1. The summed E-state index contributed by atoms with van der Waals surface area (Å²) in [7, 11) is 3.19. The number of hydrogen-bond acceptors (Lipinski definition) is 5. The summed E-state index contributed by atoms with van der Waals surface area (Å²) in [5.41, 5.74) is 3.74. The predicted molar refractivity (Wildman–Crippen MR) is 143 cm³/mol. The summed E-state index contributed by atoms with van der Waals surface area (Å²) in [6, 6.07) is 21.6. The van der Waals surface area contributed by atoms with Crippen molar-refractivity contribution in [2.24, 2.45) is 5.92 Å². The van der Waals surface area contributed by atoms with E-state index < -0.39 is 18.7 Å². The highest BCUT2D eigenvalue weighted by atomic mass is 35.5. The Labute approximate surface area is 222 Å². The van der Waals surface area contributed by atoms with Gasteiger partial charge in [-0.05, 0) is 42.7 Å². The van der Waals surface area contributed by atoms with Gasteiger partial charge in [0.1, 0.15) is 17.2 Å². The number of aliphatic carboxylic acids is 1. The number of halogens is 1. The first kappa shape index (κ1) is 26.6. The third-order valence-electron chi connectivity index (χ3n) is 6.77. The molecule has 0 aromatic heterocycles. The summed E-state index contributed by atoms with van der Waals surface area (Å²) < 4.78 is 23.5. The molecule has 3 aromatic rings. The summed E-state index contributed by atoms with van der Waals surface area (Å²) in [5.74, 6) is 0.424. The minimum atomic E-state index is -1.10. The van der Waals surface area contributed by atoms with Crippen molar-refractivity contribution in [3.05, 3.63) is 101 Å². The number of carbonyl (C=O) groups is 1. The van der Waals surface area contributed by atoms with Crippen LogP contribution in [-0.2, 0) is 9.53 Å². The van der Waals surface area contributed by atoms with Gasteiger partial charge in [0.05, 0.1) is 31.5 Å². The Morgan fingerprint density at radius 1 is 1.00 bits per heavy atom. The molecule has 0 spiro atoms. The minimum Gasteiger partial charge on any atom is -0.497 e. The van der Waals surface area contributed by atoms with Crippen LogP contribution in [0.25, 0.3) is 0 Å². The van der Waals surface area contributed by atoms with Crippen LogP contribution in [0.2, 0.25) is 5.02 Å². The zero-order chi connectivity index (χ0) is 26.5. The average molecular weight is 523 g/mol. The van der Waals surface area contributed by atoms with E-state index in [2.05, 4.69) is 18.7 Å². The summed E-state index contributed by atoms with van der Waals surface area (Å²) in [6.07, 6.45) is -0.0411. The third kappa shape index (κ3) is 5.92. The highest BCUT2D eigenvalue weighted by Gasteiger charge is 2.42. The smallest absolute Gasteiger partial charge is 0.341 e. The molecule has 0 bridgehead atoms. The molecule has 1 saturated heterocycles. The van der Waals surface area contributed by atoms with Gasteiger partial charge in [0.25, 0.3) is 0 Å². The molecule has 194 valence electrons. The molecule has 0 unspecified atom stereocenters. The maximum absolute atomic E-state index is 11.3. The van der Waals surface area contributed by atoms with E-state index in [-0.39, 0.29) is 28.7 Å². The normalized spacial score (nSPS) is 21.2. The van der Waals surface area contributed by atoms with Crippen molar-refractivity contribution in [3.63, 3.8) is 0 Å². The lowest BCUT2D eigenvalue weighted by Gasteiger charge is -2.43. The fourth-order valence-electron chi connectivity index (χ4n) is 4.94. The van der Waals surface area contributed by atoms with Gasteiger partial charge in [0, 0.05) is 23.5 Å². The molecule has 4 rings (SSSR count). The molecule has 1 aliphatic rings.